The predicted molar refractivity (Wildman–Crippen MR) is 118 cm³/mol. The van der Waals surface area contributed by atoms with E-state index in [9.17, 15) is 9.59 Å². The largest absolute Gasteiger partial charge is 0.496 e. The first-order valence-corrected chi connectivity index (χ1v) is 10.3. The van der Waals surface area contributed by atoms with E-state index in [1.54, 1.807) is 12.1 Å². The Hall–Kier alpha value is -2.77. The van der Waals surface area contributed by atoms with Crippen LogP contribution in [0.1, 0.15) is 17.3 Å². The van der Waals surface area contributed by atoms with Crippen LogP contribution in [0.2, 0.25) is 5.02 Å². The van der Waals surface area contributed by atoms with Crippen molar-refractivity contribution in [2.75, 3.05) is 56.7 Å². The Balaban J connectivity index is 1.50. The molecule has 0 spiro atoms. The molecule has 1 aliphatic heterocycles. The van der Waals surface area contributed by atoms with E-state index in [2.05, 4.69) is 22.0 Å². The van der Waals surface area contributed by atoms with Crippen molar-refractivity contribution in [3.05, 3.63) is 53.1 Å². The van der Waals surface area contributed by atoms with Gasteiger partial charge < -0.3 is 24.6 Å². The standard InChI is InChI=1S/C22H26ClN3O4/c1-3-25-10-12-26(13-11-25)18-7-5-17(6-8-18)24-21(27)15-30-22(28)19-14-16(23)4-9-20(19)29-2/h4-9,14H,3,10-13,15H2,1-2H3,(H,24,27). The highest BCUT2D eigenvalue weighted by Gasteiger charge is 2.17. The molecule has 1 heterocycles. The van der Waals surface area contributed by atoms with Crippen LogP contribution in [0.25, 0.3) is 0 Å². The normalized spacial score (nSPS) is 14.3. The Kier molecular flexibility index (Phi) is 7.54. The van der Waals surface area contributed by atoms with Gasteiger partial charge in [-0.25, -0.2) is 4.79 Å². The lowest BCUT2D eigenvalue weighted by atomic mass is 10.2. The Morgan fingerprint density at radius 3 is 2.40 bits per heavy atom. The maximum atomic E-state index is 12.2. The van der Waals surface area contributed by atoms with Crippen molar-refractivity contribution in [2.45, 2.75) is 6.92 Å². The highest BCUT2D eigenvalue weighted by Crippen LogP contribution is 2.23. The number of benzene rings is 2. The van der Waals surface area contributed by atoms with Crippen molar-refractivity contribution in [1.29, 1.82) is 0 Å². The molecule has 1 fully saturated rings. The molecular formula is C22H26ClN3O4. The zero-order chi connectivity index (χ0) is 21.5. The van der Waals surface area contributed by atoms with Gasteiger partial charge >= 0.3 is 5.97 Å². The number of nitrogens with zero attached hydrogens (tertiary/aromatic N) is 2. The number of methoxy groups -OCH3 is 1. The van der Waals surface area contributed by atoms with Gasteiger partial charge in [0.2, 0.25) is 0 Å². The number of rotatable bonds is 7. The van der Waals surface area contributed by atoms with Crippen molar-refractivity contribution < 1.29 is 19.1 Å². The molecule has 3 rings (SSSR count). The molecule has 2 aromatic rings. The number of halogens is 1. The number of nitrogens with one attached hydrogen (secondary N) is 1. The van der Waals surface area contributed by atoms with Crippen LogP contribution >= 0.6 is 11.6 Å². The van der Waals surface area contributed by atoms with E-state index in [0.29, 0.717) is 16.5 Å². The number of carbonyl (C=O) groups is 2. The summed E-state index contributed by atoms with van der Waals surface area (Å²) in [5, 5.41) is 3.11. The van der Waals surface area contributed by atoms with Gasteiger partial charge in [0.15, 0.2) is 6.61 Å². The van der Waals surface area contributed by atoms with Crippen LogP contribution in [0, 0.1) is 0 Å². The summed E-state index contributed by atoms with van der Waals surface area (Å²) in [6.07, 6.45) is 0. The zero-order valence-electron chi connectivity index (χ0n) is 17.2. The van der Waals surface area contributed by atoms with Crippen LogP contribution in [0.15, 0.2) is 42.5 Å². The number of hydrogen-bond acceptors (Lipinski definition) is 6. The van der Waals surface area contributed by atoms with E-state index < -0.39 is 18.5 Å². The number of amides is 1. The van der Waals surface area contributed by atoms with Gasteiger partial charge in [-0.1, -0.05) is 18.5 Å². The van der Waals surface area contributed by atoms with E-state index >= 15 is 0 Å². The lowest BCUT2D eigenvalue weighted by molar-refractivity contribution is -0.119. The van der Waals surface area contributed by atoms with Crippen LogP contribution in [0.4, 0.5) is 11.4 Å². The van der Waals surface area contributed by atoms with E-state index in [0.717, 1.165) is 38.4 Å². The number of piperazine rings is 1. The highest BCUT2D eigenvalue weighted by atomic mass is 35.5. The summed E-state index contributed by atoms with van der Waals surface area (Å²) in [6, 6.07) is 12.3. The molecule has 2 aromatic carbocycles. The molecule has 0 atom stereocenters. The first kappa shape index (κ1) is 21.9. The molecular weight excluding hydrogens is 406 g/mol. The van der Waals surface area contributed by atoms with Gasteiger partial charge in [-0.05, 0) is 49.0 Å². The van der Waals surface area contributed by atoms with Crippen LogP contribution < -0.4 is 15.0 Å². The molecule has 0 radical (unpaired) electrons. The molecule has 7 nitrogen and oxygen atoms in total. The summed E-state index contributed by atoms with van der Waals surface area (Å²) in [4.78, 5) is 29.2. The average molecular weight is 432 g/mol. The first-order valence-electron chi connectivity index (χ1n) is 9.88. The number of anilines is 2. The Morgan fingerprint density at radius 2 is 1.77 bits per heavy atom. The monoisotopic (exact) mass is 431 g/mol. The summed E-state index contributed by atoms with van der Waals surface area (Å²) >= 11 is 5.92. The van der Waals surface area contributed by atoms with E-state index in [1.807, 2.05) is 24.3 Å². The fourth-order valence-electron chi connectivity index (χ4n) is 3.32. The number of likely N-dealkylation sites (N-methyl/N-ethyl adjacent to an activating group) is 1. The molecule has 1 aliphatic rings. The van der Waals surface area contributed by atoms with Crippen molar-refractivity contribution in [3.63, 3.8) is 0 Å². The lowest BCUT2D eigenvalue weighted by Gasteiger charge is -2.35. The maximum absolute atomic E-state index is 12.2. The number of esters is 1. The minimum Gasteiger partial charge on any atom is -0.496 e. The summed E-state index contributed by atoms with van der Waals surface area (Å²) in [7, 11) is 1.44. The number of ether oxygens (including phenoxy) is 2. The van der Waals surface area contributed by atoms with Crippen LogP contribution in [-0.4, -0.2) is 63.2 Å². The lowest BCUT2D eigenvalue weighted by Crippen LogP contribution is -2.46. The molecule has 0 bridgehead atoms. The molecule has 1 N–H and O–H groups in total. The minimum atomic E-state index is -0.675. The van der Waals surface area contributed by atoms with Crippen molar-refractivity contribution in [1.82, 2.24) is 4.90 Å². The van der Waals surface area contributed by atoms with Crippen LogP contribution in [-0.2, 0) is 9.53 Å². The molecule has 8 heteroatoms. The second-order valence-corrected chi connectivity index (χ2v) is 7.37. The third-order valence-corrected chi connectivity index (χ3v) is 5.29. The van der Waals surface area contributed by atoms with Crippen LogP contribution in [0.3, 0.4) is 0 Å². The Labute approximate surface area is 181 Å². The Morgan fingerprint density at radius 1 is 1.07 bits per heavy atom. The van der Waals surface area contributed by atoms with Gasteiger partial charge in [-0.3, -0.25) is 4.79 Å². The number of hydrogen-bond donors (Lipinski definition) is 1. The summed E-state index contributed by atoms with van der Waals surface area (Å²) in [6.45, 7) is 6.93. The average Bonchev–Trinajstić information content (AvgIpc) is 2.78. The van der Waals surface area contributed by atoms with Gasteiger partial charge in [0.05, 0.1) is 7.11 Å². The van der Waals surface area contributed by atoms with Gasteiger partial charge in [-0.2, -0.15) is 0 Å². The molecule has 0 aromatic heterocycles. The van der Waals surface area contributed by atoms with Gasteiger partial charge in [0.25, 0.3) is 5.91 Å². The molecule has 0 aliphatic carbocycles. The van der Waals surface area contributed by atoms with Gasteiger partial charge in [0.1, 0.15) is 11.3 Å². The van der Waals surface area contributed by atoms with E-state index in [-0.39, 0.29) is 5.56 Å². The predicted octanol–water partition coefficient (Wildman–Crippen LogP) is 3.29. The second kappa shape index (κ2) is 10.3. The van der Waals surface area contributed by atoms with Crippen LogP contribution in [0.5, 0.6) is 5.75 Å². The SMILES string of the molecule is CCN1CCN(c2ccc(NC(=O)COC(=O)c3cc(Cl)ccc3OC)cc2)CC1. The molecule has 0 unspecified atom stereocenters. The highest BCUT2D eigenvalue weighted by molar-refractivity contribution is 6.31. The fraction of sp³-hybridized carbons (Fsp3) is 0.364. The van der Waals surface area contributed by atoms with Gasteiger partial charge in [0, 0.05) is 42.6 Å². The first-order chi connectivity index (χ1) is 14.5. The van der Waals surface area contributed by atoms with Crippen molar-refractivity contribution in [3.8, 4) is 5.75 Å². The fourth-order valence-corrected chi connectivity index (χ4v) is 3.50. The molecule has 1 amide bonds. The third-order valence-electron chi connectivity index (χ3n) is 5.05. The quantitative estimate of drug-likeness (QED) is 0.678. The second-order valence-electron chi connectivity index (χ2n) is 6.94. The smallest absolute Gasteiger partial charge is 0.342 e. The molecule has 30 heavy (non-hydrogen) atoms. The summed E-state index contributed by atoms with van der Waals surface area (Å²) < 4.78 is 10.2. The molecule has 1 saturated heterocycles. The molecule has 160 valence electrons. The maximum Gasteiger partial charge on any atom is 0.342 e. The summed E-state index contributed by atoms with van der Waals surface area (Å²) in [5.74, 6) is -0.764. The van der Waals surface area contributed by atoms with E-state index in [1.165, 1.54) is 13.2 Å². The summed E-state index contributed by atoms with van der Waals surface area (Å²) in [5.41, 5.74) is 1.95. The topological polar surface area (TPSA) is 71.1 Å². The zero-order valence-corrected chi connectivity index (χ0v) is 17.9. The van der Waals surface area contributed by atoms with Crippen molar-refractivity contribution in [2.24, 2.45) is 0 Å². The van der Waals surface area contributed by atoms with E-state index in [4.69, 9.17) is 21.1 Å². The number of carbonyl (C=O) groups excluding carboxylic acids is 2. The molecule has 0 saturated carbocycles. The third kappa shape index (κ3) is 5.64. The van der Waals surface area contributed by atoms with Crippen molar-refractivity contribution >= 4 is 34.9 Å². The Bertz CT molecular complexity index is 880. The van der Waals surface area contributed by atoms with Gasteiger partial charge in [-0.15, -0.1) is 0 Å². The minimum absolute atomic E-state index is 0.172.